The van der Waals surface area contributed by atoms with Gasteiger partial charge in [-0.05, 0) is 48.7 Å². The molecule has 1 fully saturated rings. The molecule has 6 rings (SSSR count). The number of benzene rings is 2. The van der Waals surface area contributed by atoms with Crippen molar-refractivity contribution >= 4 is 23.9 Å². The molecule has 0 spiro atoms. The summed E-state index contributed by atoms with van der Waals surface area (Å²) in [6.45, 7) is 3.59. The van der Waals surface area contributed by atoms with E-state index in [2.05, 4.69) is 20.5 Å². The second kappa shape index (κ2) is 12.3. The van der Waals surface area contributed by atoms with Crippen molar-refractivity contribution in [2.24, 2.45) is 0 Å². The first kappa shape index (κ1) is 27.9. The molecule has 1 atom stereocenters. The average molecular weight is 569 g/mol. The first-order valence-corrected chi connectivity index (χ1v) is 13.8. The Labute approximate surface area is 242 Å². The van der Waals surface area contributed by atoms with Crippen LogP contribution in [0.4, 0.5) is 4.39 Å². The minimum absolute atomic E-state index is 0.0158. The predicted molar refractivity (Wildman–Crippen MR) is 152 cm³/mol. The van der Waals surface area contributed by atoms with Crippen molar-refractivity contribution in [2.45, 2.75) is 38.6 Å². The molecular formula is C30H29BFN5O5. The number of fused-ring (bicyclic) bond motifs is 1. The molecule has 2 N–H and O–H groups in total. The molecule has 0 amide bonds. The second-order valence-corrected chi connectivity index (χ2v) is 10.3. The molecule has 4 aromatic rings. The average Bonchev–Trinajstić information content (AvgIpc) is 3.30. The molecule has 214 valence electrons. The maximum absolute atomic E-state index is 14.2. The molecule has 1 saturated heterocycles. The van der Waals surface area contributed by atoms with Crippen molar-refractivity contribution in [3.05, 3.63) is 89.1 Å². The third-order valence-electron chi connectivity index (χ3n) is 7.49. The predicted octanol–water partition coefficient (Wildman–Crippen LogP) is 3.45. The monoisotopic (exact) mass is 569 g/mol. The van der Waals surface area contributed by atoms with Crippen LogP contribution in [0.15, 0.2) is 60.7 Å². The molecule has 10 nitrogen and oxygen atoms in total. The van der Waals surface area contributed by atoms with Gasteiger partial charge in [0.25, 0.3) is 0 Å². The highest BCUT2D eigenvalue weighted by atomic mass is 19.1. The SMILES string of the molecule is N#Cc1ccc(COc2cccc(C3=CCN(Cc4nc5ccc(OB(O)O)cc5n4C[C@@H]4CCO4)CC3)n2)c(F)c1. The number of hydrogen-bond donors (Lipinski definition) is 2. The number of imidazole rings is 1. The molecule has 2 aromatic carbocycles. The third-order valence-corrected chi connectivity index (χ3v) is 7.49. The number of hydrogen-bond acceptors (Lipinski definition) is 9. The Morgan fingerprint density at radius 1 is 1.14 bits per heavy atom. The van der Waals surface area contributed by atoms with Crippen LogP contribution in [-0.2, 0) is 24.4 Å². The minimum Gasteiger partial charge on any atom is -0.512 e. The summed E-state index contributed by atoms with van der Waals surface area (Å²) in [6, 6.07) is 17.1. The van der Waals surface area contributed by atoms with Crippen molar-refractivity contribution < 1.29 is 28.6 Å². The molecule has 42 heavy (non-hydrogen) atoms. The number of nitrogens with zero attached hydrogens (tertiary/aromatic N) is 5. The van der Waals surface area contributed by atoms with Gasteiger partial charge in [-0.3, -0.25) is 4.90 Å². The smallest absolute Gasteiger partial charge is 0.512 e. The maximum atomic E-state index is 14.2. The van der Waals surface area contributed by atoms with Crippen molar-refractivity contribution in [1.29, 1.82) is 5.26 Å². The molecule has 0 radical (unpaired) electrons. The van der Waals surface area contributed by atoms with Crippen LogP contribution in [0.2, 0.25) is 0 Å². The van der Waals surface area contributed by atoms with Gasteiger partial charge in [0.1, 0.15) is 24.0 Å². The molecule has 2 aliphatic heterocycles. The van der Waals surface area contributed by atoms with E-state index in [1.807, 2.05) is 24.3 Å². The van der Waals surface area contributed by atoms with E-state index in [0.717, 1.165) is 54.1 Å². The van der Waals surface area contributed by atoms with Crippen LogP contribution in [0.1, 0.15) is 35.5 Å². The van der Waals surface area contributed by atoms with Crippen LogP contribution in [0.5, 0.6) is 11.6 Å². The number of nitriles is 1. The van der Waals surface area contributed by atoms with Gasteiger partial charge in [0.2, 0.25) is 5.88 Å². The van der Waals surface area contributed by atoms with Crippen molar-refractivity contribution in [3.63, 3.8) is 0 Å². The van der Waals surface area contributed by atoms with Crippen molar-refractivity contribution in [3.8, 4) is 17.7 Å². The van der Waals surface area contributed by atoms with Crippen LogP contribution in [0.25, 0.3) is 16.6 Å². The van der Waals surface area contributed by atoms with Gasteiger partial charge in [-0.2, -0.15) is 5.26 Å². The number of pyridine rings is 1. The fourth-order valence-corrected chi connectivity index (χ4v) is 5.15. The van der Waals surface area contributed by atoms with Crippen LogP contribution in [0.3, 0.4) is 0 Å². The van der Waals surface area contributed by atoms with Gasteiger partial charge in [0, 0.05) is 37.4 Å². The fourth-order valence-electron chi connectivity index (χ4n) is 5.15. The van der Waals surface area contributed by atoms with Gasteiger partial charge in [-0.25, -0.2) is 14.4 Å². The standard InChI is InChI=1S/C30H29BFN5O5/c32-25-14-20(16-33)4-5-22(25)19-41-30-3-1-2-26(35-30)21-8-11-36(12-9-21)18-29-34-27-7-6-23(42-31(38)39)15-28(27)37(29)17-24-10-13-40-24/h1-8,14-15,24,38-39H,9-13,17-19H2/t24-/m0/s1. The van der Waals surface area contributed by atoms with E-state index in [9.17, 15) is 14.4 Å². The highest BCUT2D eigenvalue weighted by Crippen LogP contribution is 2.28. The summed E-state index contributed by atoms with van der Waals surface area (Å²) < 4.78 is 32.9. The zero-order valence-corrected chi connectivity index (χ0v) is 22.8. The summed E-state index contributed by atoms with van der Waals surface area (Å²) in [5.74, 6) is 1.18. The highest BCUT2D eigenvalue weighted by Gasteiger charge is 2.24. The molecule has 4 heterocycles. The third kappa shape index (κ3) is 6.29. The Morgan fingerprint density at radius 2 is 2.02 bits per heavy atom. The van der Waals surface area contributed by atoms with Crippen molar-refractivity contribution in [2.75, 3.05) is 19.7 Å². The summed E-state index contributed by atoms with van der Waals surface area (Å²) in [5, 5.41) is 27.4. The molecule has 0 unspecified atom stereocenters. The number of rotatable bonds is 10. The summed E-state index contributed by atoms with van der Waals surface area (Å²) in [5.41, 5.74) is 4.22. The van der Waals surface area contributed by atoms with E-state index in [4.69, 9.17) is 24.4 Å². The van der Waals surface area contributed by atoms with E-state index in [-0.39, 0.29) is 18.3 Å². The van der Waals surface area contributed by atoms with Crippen LogP contribution in [0, 0.1) is 17.1 Å². The fraction of sp³-hybridized carbons (Fsp3) is 0.300. The highest BCUT2D eigenvalue weighted by molar-refractivity contribution is 6.33. The molecule has 0 bridgehead atoms. The number of aromatic nitrogens is 3. The van der Waals surface area contributed by atoms with E-state index in [0.29, 0.717) is 36.8 Å². The Morgan fingerprint density at radius 3 is 2.74 bits per heavy atom. The Bertz CT molecular complexity index is 1670. The van der Waals surface area contributed by atoms with Crippen LogP contribution < -0.4 is 9.39 Å². The van der Waals surface area contributed by atoms with Gasteiger partial charge >= 0.3 is 7.32 Å². The van der Waals surface area contributed by atoms with Crippen LogP contribution >= 0.6 is 0 Å². The number of ether oxygens (including phenoxy) is 2. The molecular weight excluding hydrogens is 540 g/mol. The van der Waals surface area contributed by atoms with Gasteiger partial charge in [0.15, 0.2) is 0 Å². The largest absolute Gasteiger partial charge is 0.707 e. The Kier molecular flexibility index (Phi) is 8.16. The molecule has 12 heteroatoms. The first-order valence-electron chi connectivity index (χ1n) is 13.8. The topological polar surface area (TPSA) is 126 Å². The molecule has 0 aliphatic carbocycles. The van der Waals surface area contributed by atoms with E-state index in [1.54, 1.807) is 30.3 Å². The van der Waals surface area contributed by atoms with E-state index in [1.165, 1.54) is 6.07 Å². The lowest BCUT2D eigenvalue weighted by atomic mass is 10.0. The molecule has 0 saturated carbocycles. The quantitative estimate of drug-likeness (QED) is 0.276. The summed E-state index contributed by atoms with van der Waals surface area (Å²) in [6.07, 6.45) is 4.06. The number of halogens is 1. The van der Waals surface area contributed by atoms with Crippen molar-refractivity contribution in [1.82, 2.24) is 19.4 Å². The zero-order chi connectivity index (χ0) is 29.1. The lowest BCUT2D eigenvalue weighted by Crippen LogP contribution is -2.33. The normalized spacial score (nSPS) is 16.9. The Balaban J connectivity index is 1.13. The van der Waals surface area contributed by atoms with E-state index >= 15 is 0 Å². The van der Waals surface area contributed by atoms with Gasteiger partial charge in [-0.1, -0.05) is 18.2 Å². The first-order chi connectivity index (χ1) is 20.4. The van der Waals surface area contributed by atoms with Gasteiger partial charge in [-0.15, -0.1) is 0 Å². The lowest BCUT2D eigenvalue weighted by Gasteiger charge is -2.29. The van der Waals surface area contributed by atoms with Crippen LogP contribution in [-0.4, -0.2) is 62.6 Å². The zero-order valence-electron chi connectivity index (χ0n) is 22.8. The van der Waals surface area contributed by atoms with Gasteiger partial charge < -0.3 is 28.7 Å². The summed E-state index contributed by atoms with van der Waals surface area (Å²) in [7, 11) is -1.89. The van der Waals surface area contributed by atoms with E-state index < -0.39 is 13.1 Å². The summed E-state index contributed by atoms with van der Waals surface area (Å²) in [4.78, 5) is 11.8. The van der Waals surface area contributed by atoms with Gasteiger partial charge in [0.05, 0.1) is 47.6 Å². The second-order valence-electron chi connectivity index (χ2n) is 10.3. The molecule has 2 aliphatic rings. The molecule has 2 aromatic heterocycles. The summed E-state index contributed by atoms with van der Waals surface area (Å²) >= 11 is 0. The minimum atomic E-state index is -1.89. The Hall–Kier alpha value is -4.28. The maximum Gasteiger partial charge on any atom is 0.707 e. The lowest BCUT2D eigenvalue weighted by molar-refractivity contribution is -0.0591.